The molecule has 2 atom stereocenters. The Bertz CT molecular complexity index is 311. The zero-order chi connectivity index (χ0) is 8.72. The molecule has 0 aromatic heterocycles. The van der Waals surface area contributed by atoms with Crippen molar-refractivity contribution in [2.45, 2.75) is 18.6 Å². The summed E-state index contributed by atoms with van der Waals surface area (Å²) >= 11 is 0. The van der Waals surface area contributed by atoms with E-state index >= 15 is 0 Å². The highest BCUT2D eigenvalue weighted by Gasteiger charge is 2.29. The Morgan fingerprint density at radius 1 is 1.42 bits per heavy atom. The Morgan fingerprint density at radius 2 is 2.17 bits per heavy atom. The van der Waals surface area contributed by atoms with E-state index in [4.69, 9.17) is 5.73 Å². The van der Waals surface area contributed by atoms with Crippen LogP contribution in [0.1, 0.15) is 17.2 Å². The lowest BCUT2D eigenvalue weighted by atomic mass is 10.1. The molecule has 0 amide bonds. The van der Waals surface area contributed by atoms with E-state index in [0.29, 0.717) is 6.42 Å². The normalized spacial score (nSPS) is 27.2. The van der Waals surface area contributed by atoms with Crippen LogP contribution in [-0.2, 0) is 6.42 Å². The smallest absolute Gasteiger partial charge is 0.119 e. The Kier molecular flexibility index (Phi) is 1.56. The van der Waals surface area contributed by atoms with Crippen LogP contribution in [0, 0.1) is 0 Å². The first-order chi connectivity index (χ1) is 5.70. The van der Waals surface area contributed by atoms with Crippen molar-refractivity contribution in [2.24, 2.45) is 5.73 Å². The van der Waals surface area contributed by atoms with Crippen molar-refractivity contribution >= 4 is 0 Å². The number of aliphatic hydroxyl groups is 1. The fourth-order valence-corrected chi connectivity index (χ4v) is 1.67. The second-order valence-corrected chi connectivity index (χ2v) is 3.16. The van der Waals surface area contributed by atoms with Gasteiger partial charge in [0.15, 0.2) is 0 Å². The van der Waals surface area contributed by atoms with Crippen LogP contribution in [0.4, 0.5) is 0 Å². The van der Waals surface area contributed by atoms with Crippen LogP contribution in [0.3, 0.4) is 0 Å². The number of hydrogen-bond donors (Lipinski definition) is 3. The van der Waals surface area contributed by atoms with Crippen LogP contribution < -0.4 is 5.73 Å². The van der Waals surface area contributed by atoms with Gasteiger partial charge in [0.05, 0.1) is 6.10 Å². The van der Waals surface area contributed by atoms with E-state index in [1.165, 1.54) is 0 Å². The summed E-state index contributed by atoms with van der Waals surface area (Å²) < 4.78 is 0. The van der Waals surface area contributed by atoms with Crippen LogP contribution in [0.25, 0.3) is 0 Å². The van der Waals surface area contributed by atoms with Crippen molar-refractivity contribution in [1.29, 1.82) is 0 Å². The van der Waals surface area contributed by atoms with E-state index in [0.717, 1.165) is 11.1 Å². The van der Waals surface area contributed by atoms with Crippen molar-refractivity contribution in [3.63, 3.8) is 0 Å². The molecule has 0 bridgehead atoms. The van der Waals surface area contributed by atoms with Crippen molar-refractivity contribution in [3.8, 4) is 5.75 Å². The molecular formula is C9H11NO2. The molecule has 3 nitrogen and oxygen atoms in total. The Labute approximate surface area is 70.4 Å². The number of hydrogen-bond acceptors (Lipinski definition) is 3. The lowest BCUT2D eigenvalue weighted by Crippen LogP contribution is -2.24. The van der Waals surface area contributed by atoms with Gasteiger partial charge in [0.2, 0.25) is 0 Å². The average Bonchev–Trinajstić information content (AvgIpc) is 2.32. The summed E-state index contributed by atoms with van der Waals surface area (Å²) in [4.78, 5) is 0. The highest BCUT2D eigenvalue weighted by molar-refractivity contribution is 5.45. The van der Waals surface area contributed by atoms with Gasteiger partial charge in [-0.25, -0.2) is 0 Å². The van der Waals surface area contributed by atoms with Gasteiger partial charge in [-0.15, -0.1) is 0 Å². The molecule has 0 spiro atoms. The first-order valence-corrected chi connectivity index (χ1v) is 3.94. The average molecular weight is 165 g/mol. The van der Waals surface area contributed by atoms with Crippen molar-refractivity contribution in [1.82, 2.24) is 0 Å². The number of phenolic OH excluding ortho intramolecular Hbond substituents is 1. The van der Waals surface area contributed by atoms with Gasteiger partial charge in [-0.1, -0.05) is 12.1 Å². The Hall–Kier alpha value is -1.06. The highest BCUT2D eigenvalue weighted by atomic mass is 16.3. The number of rotatable bonds is 0. The molecule has 0 aliphatic heterocycles. The quantitative estimate of drug-likeness (QED) is 0.518. The third kappa shape index (κ3) is 0.906. The molecule has 1 aliphatic carbocycles. The highest BCUT2D eigenvalue weighted by Crippen LogP contribution is 2.35. The summed E-state index contributed by atoms with van der Waals surface area (Å²) in [5.74, 6) is 0.236. The van der Waals surface area contributed by atoms with Crippen molar-refractivity contribution < 1.29 is 10.2 Å². The van der Waals surface area contributed by atoms with Crippen LogP contribution >= 0.6 is 0 Å². The monoisotopic (exact) mass is 165 g/mol. The number of benzene rings is 1. The van der Waals surface area contributed by atoms with Crippen LogP contribution in [-0.4, -0.2) is 16.3 Å². The molecule has 0 saturated carbocycles. The van der Waals surface area contributed by atoms with Gasteiger partial charge >= 0.3 is 0 Å². The molecule has 1 aliphatic rings. The molecule has 0 unspecified atom stereocenters. The molecule has 1 aromatic rings. The molecule has 0 radical (unpaired) electrons. The SMILES string of the molecule is N[C@H]1Cc2c(O)cccc2[C@H]1O. The van der Waals surface area contributed by atoms with Gasteiger partial charge < -0.3 is 15.9 Å². The topological polar surface area (TPSA) is 66.5 Å². The van der Waals surface area contributed by atoms with Gasteiger partial charge in [-0.05, 0) is 18.1 Å². The largest absolute Gasteiger partial charge is 0.508 e. The Balaban J connectivity index is 2.53. The van der Waals surface area contributed by atoms with E-state index in [1.807, 2.05) is 0 Å². The first kappa shape index (κ1) is 7.58. The maximum absolute atomic E-state index is 9.54. The maximum Gasteiger partial charge on any atom is 0.119 e. The molecule has 1 aromatic carbocycles. The van der Waals surface area contributed by atoms with Gasteiger partial charge in [0.25, 0.3) is 0 Å². The molecular weight excluding hydrogens is 154 g/mol. The summed E-state index contributed by atoms with van der Waals surface area (Å²) in [6, 6.07) is 4.86. The van der Waals surface area contributed by atoms with E-state index in [-0.39, 0.29) is 11.8 Å². The van der Waals surface area contributed by atoms with E-state index in [9.17, 15) is 10.2 Å². The lowest BCUT2D eigenvalue weighted by Gasteiger charge is -2.07. The zero-order valence-corrected chi connectivity index (χ0v) is 6.57. The summed E-state index contributed by atoms with van der Waals surface area (Å²) in [5.41, 5.74) is 7.19. The molecule has 3 heteroatoms. The van der Waals surface area contributed by atoms with Crippen LogP contribution in [0.2, 0.25) is 0 Å². The summed E-state index contributed by atoms with van der Waals surface area (Å²) in [7, 11) is 0. The van der Waals surface area contributed by atoms with E-state index in [1.54, 1.807) is 18.2 Å². The van der Waals surface area contributed by atoms with E-state index in [2.05, 4.69) is 0 Å². The second-order valence-electron chi connectivity index (χ2n) is 3.16. The minimum atomic E-state index is -0.618. The number of aromatic hydroxyl groups is 1. The number of aliphatic hydroxyl groups excluding tert-OH is 1. The molecule has 12 heavy (non-hydrogen) atoms. The number of nitrogens with two attached hydrogens (primary N) is 1. The van der Waals surface area contributed by atoms with E-state index < -0.39 is 6.10 Å². The lowest BCUT2D eigenvalue weighted by molar-refractivity contribution is 0.159. The third-order valence-corrected chi connectivity index (χ3v) is 2.35. The van der Waals surface area contributed by atoms with Gasteiger partial charge in [0.1, 0.15) is 5.75 Å². The van der Waals surface area contributed by atoms with Gasteiger partial charge in [-0.2, -0.15) is 0 Å². The first-order valence-electron chi connectivity index (χ1n) is 3.94. The molecule has 2 rings (SSSR count). The van der Waals surface area contributed by atoms with Crippen LogP contribution in [0.15, 0.2) is 18.2 Å². The molecule has 64 valence electrons. The summed E-state index contributed by atoms with van der Waals surface area (Å²) in [5, 5.41) is 18.9. The van der Waals surface area contributed by atoms with Gasteiger partial charge in [-0.3, -0.25) is 0 Å². The second kappa shape index (κ2) is 2.47. The predicted molar refractivity (Wildman–Crippen MR) is 44.7 cm³/mol. The van der Waals surface area contributed by atoms with Crippen molar-refractivity contribution in [2.75, 3.05) is 0 Å². The fourth-order valence-electron chi connectivity index (χ4n) is 1.67. The Morgan fingerprint density at radius 3 is 2.83 bits per heavy atom. The minimum absolute atomic E-state index is 0.236. The molecule has 0 heterocycles. The van der Waals surface area contributed by atoms with Gasteiger partial charge in [0, 0.05) is 11.6 Å². The summed E-state index contributed by atoms with van der Waals surface area (Å²) in [6.07, 6.45) is -0.0597. The zero-order valence-electron chi connectivity index (χ0n) is 6.57. The number of fused-ring (bicyclic) bond motifs is 1. The van der Waals surface area contributed by atoms with Crippen LogP contribution in [0.5, 0.6) is 5.75 Å². The molecule has 0 saturated heterocycles. The molecule has 4 N–H and O–H groups in total. The third-order valence-electron chi connectivity index (χ3n) is 2.35. The van der Waals surface area contributed by atoms with Crippen molar-refractivity contribution in [3.05, 3.63) is 29.3 Å². The summed E-state index contributed by atoms with van der Waals surface area (Å²) in [6.45, 7) is 0. The standard InChI is InChI=1S/C9H11NO2/c10-7-4-6-5(9(7)12)2-1-3-8(6)11/h1-3,7,9,11-12H,4,10H2/t7-,9+/m0/s1. The molecule has 0 fully saturated rings. The predicted octanol–water partition coefficient (Wildman–Crippen LogP) is 0.309. The maximum atomic E-state index is 9.54. The fraction of sp³-hybridized carbons (Fsp3) is 0.333. The minimum Gasteiger partial charge on any atom is -0.508 e. The number of phenols is 1.